The Morgan fingerprint density at radius 2 is 1.53 bits per heavy atom. The Balaban J connectivity index is -0.00000147. The van der Waals surface area contributed by atoms with Crippen molar-refractivity contribution < 1.29 is 129 Å². The largest absolute Gasteiger partial charge is 1.00 e. The number of hydrogen-bond acceptors (Lipinski definition) is 5. The molecule has 0 saturated heterocycles. The zero-order valence-corrected chi connectivity index (χ0v) is 35.4. The summed E-state index contributed by atoms with van der Waals surface area (Å²) in [6.07, 6.45) is 1.88. The predicted molar refractivity (Wildman–Crippen MR) is 164 cm³/mol. The van der Waals surface area contributed by atoms with Gasteiger partial charge in [0.15, 0.2) is 0 Å². The van der Waals surface area contributed by atoms with E-state index < -0.39 is 33.6 Å². The van der Waals surface area contributed by atoms with Crippen molar-refractivity contribution in [2.45, 2.75) is 37.6 Å². The Morgan fingerprint density at radius 1 is 1.00 bits per heavy atom. The van der Waals surface area contributed by atoms with Crippen LogP contribution in [0.5, 0.6) is 5.75 Å². The van der Waals surface area contributed by atoms with Gasteiger partial charge in [0.05, 0.1) is 23.3 Å². The van der Waals surface area contributed by atoms with Crippen molar-refractivity contribution >= 4 is 51.9 Å². The summed E-state index contributed by atoms with van der Waals surface area (Å²) < 4.78 is 71.0. The van der Waals surface area contributed by atoms with Gasteiger partial charge in [0.1, 0.15) is 5.75 Å². The Kier molecular flexibility index (Phi) is 17.9. The summed E-state index contributed by atoms with van der Waals surface area (Å²) in [5, 5.41) is 0. The van der Waals surface area contributed by atoms with Crippen molar-refractivity contribution in [2.24, 2.45) is 5.92 Å². The molecular formula is C27H34BrF2NNa3O6PS2. The average Bonchev–Trinajstić information content (AvgIpc) is 2.83. The Hall–Kier alpha value is 1.05. The topological polar surface area (TPSA) is 113 Å². The molecule has 224 valence electrons. The fourth-order valence-electron chi connectivity index (χ4n) is 3.89. The Bertz CT molecular complexity index is 1560. The van der Waals surface area contributed by atoms with E-state index in [0.29, 0.717) is 29.5 Å². The van der Waals surface area contributed by atoms with E-state index in [1.165, 1.54) is 12.1 Å². The number of sulfonamides is 1. The van der Waals surface area contributed by atoms with Crippen LogP contribution in [0.2, 0.25) is 0 Å². The summed E-state index contributed by atoms with van der Waals surface area (Å²) in [6, 6.07) is 16.2. The number of benzene rings is 3. The van der Waals surface area contributed by atoms with Crippen LogP contribution in [-0.4, -0.2) is 31.1 Å². The number of thiol groups is 1. The number of anilines is 1. The van der Waals surface area contributed by atoms with Crippen molar-refractivity contribution in [1.82, 2.24) is 0 Å². The first-order chi connectivity index (χ1) is 18.3. The van der Waals surface area contributed by atoms with Crippen molar-refractivity contribution in [3.63, 3.8) is 0 Å². The monoisotopic (exact) mass is 749 g/mol. The first-order valence-electron chi connectivity index (χ1n) is 12.1. The van der Waals surface area contributed by atoms with Gasteiger partial charge in [-0.2, -0.15) is 21.4 Å². The quantitative estimate of drug-likeness (QED) is 0.110. The van der Waals surface area contributed by atoms with Crippen molar-refractivity contribution in [2.75, 3.05) is 17.6 Å². The molecular weight excluding hydrogens is 716 g/mol. The van der Waals surface area contributed by atoms with Gasteiger partial charge < -0.3 is 18.8 Å². The fourth-order valence-corrected chi connectivity index (χ4v) is 6.03. The second-order valence-electron chi connectivity index (χ2n) is 10.0. The molecule has 3 rings (SSSR count). The van der Waals surface area contributed by atoms with Crippen molar-refractivity contribution in [3.8, 4) is 16.9 Å². The van der Waals surface area contributed by atoms with Crippen LogP contribution in [0.15, 0.2) is 65.1 Å². The van der Waals surface area contributed by atoms with Crippen LogP contribution in [-0.2, 0) is 25.0 Å². The van der Waals surface area contributed by atoms with Crippen LogP contribution in [0, 0.1) is 5.92 Å². The molecule has 0 aliphatic heterocycles. The van der Waals surface area contributed by atoms with Gasteiger partial charge in [0.25, 0.3) is 0 Å². The van der Waals surface area contributed by atoms with Gasteiger partial charge in [0, 0.05) is 10.0 Å². The summed E-state index contributed by atoms with van der Waals surface area (Å²) in [6.45, 7) is 6.35. The molecule has 0 amide bonds. The van der Waals surface area contributed by atoms with Gasteiger partial charge in [-0.25, -0.2) is 8.42 Å². The number of rotatable bonds is 11. The first kappa shape index (κ1) is 44.0. The SMILES string of the molecule is CC(C)CCOc1ccc(-c2ccc(C(C)(S)c3ccc(C(F)(F)P(=O)(O)O)c(Br)c3)cc2)cc1NS(C)(=O)=O.[H-].[H-].[H-].[Na+].[Na+].[Na+]. The number of ether oxygens (including phenoxy) is 1. The molecule has 0 heterocycles. The number of alkyl halides is 2. The van der Waals surface area contributed by atoms with Crippen LogP contribution < -0.4 is 98.1 Å². The van der Waals surface area contributed by atoms with Crippen LogP contribution in [0.4, 0.5) is 14.5 Å². The van der Waals surface area contributed by atoms with Crippen LogP contribution in [0.1, 0.15) is 48.2 Å². The first-order valence-corrected chi connectivity index (χ1v) is 16.9. The van der Waals surface area contributed by atoms with E-state index in [-0.39, 0.29) is 97.4 Å². The number of hydrogen-bond donors (Lipinski definition) is 4. The Morgan fingerprint density at radius 3 is 2.02 bits per heavy atom. The molecule has 0 bridgehead atoms. The van der Waals surface area contributed by atoms with Gasteiger partial charge in [-0.05, 0) is 59.7 Å². The minimum absolute atomic E-state index is 0. The molecule has 0 spiro atoms. The van der Waals surface area contributed by atoms with Gasteiger partial charge in [-0.15, -0.1) is 0 Å². The molecule has 43 heavy (non-hydrogen) atoms. The normalized spacial score (nSPS) is 13.2. The molecule has 0 aromatic heterocycles. The molecule has 0 aliphatic carbocycles. The van der Waals surface area contributed by atoms with Gasteiger partial charge in [-0.3, -0.25) is 9.29 Å². The maximum absolute atomic E-state index is 14.3. The van der Waals surface area contributed by atoms with Gasteiger partial charge in [-0.1, -0.05) is 72.2 Å². The molecule has 16 heteroatoms. The summed E-state index contributed by atoms with van der Waals surface area (Å²) in [7, 11) is -9.28. The molecule has 3 aromatic carbocycles. The molecule has 1 atom stereocenters. The second kappa shape index (κ2) is 17.4. The molecule has 3 N–H and O–H groups in total. The van der Waals surface area contributed by atoms with Crippen LogP contribution in [0.3, 0.4) is 0 Å². The van der Waals surface area contributed by atoms with Gasteiger partial charge >= 0.3 is 102 Å². The molecule has 0 aliphatic rings. The third-order valence-corrected chi connectivity index (χ3v) is 8.96. The van der Waals surface area contributed by atoms with E-state index in [0.717, 1.165) is 35.4 Å². The molecule has 3 aromatic rings. The minimum Gasteiger partial charge on any atom is -1.00 e. The van der Waals surface area contributed by atoms with E-state index in [1.807, 2.05) is 30.3 Å². The minimum atomic E-state index is -5.72. The predicted octanol–water partition coefficient (Wildman–Crippen LogP) is -1.32. The second-order valence-corrected chi connectivity index (χ2v) is 15.2. The number of nitrogens with one attached hydrogen (secondary N) is 1. The van der Waals surface area contributed by atoms with Crippen LogP contribution in [0.25, 0.3) is 11.1 Å². The van der Waals surface area contributed by atoms with Crippen molar-refractivity contribution in [3.05, 3.63) is 81.8 Å². The van der Waals surface area contributed by atoms with E-state index in [1.54, 1.807) is 19.1 Å². The summed E-state index contributed by atoms with van der Waals surface area (Å²) in [5.41, 5.74) is -2.08. The zero-order chi connectivity index (χ0) is 30.1. The molecule has 0 fully saturated rings. The summed E-state index contributed by atoms with van der Waals surface area (Å²) >= 11 is 7.79. The van der Waals surface area contributed by atoms with Crippen molar-refractivity contribution in [1.29, 1.82) is 0 Å². The molecule has 0 saturated carbocycles. The molecule has 1 unspecified atom stereocenters. The van der Waals surface area contributed by atoms with E-state index in [4.69, 9.17) is 27.2 Å². The molecule has 0 radical (unpaired) electrons. The smallest absolute Gasteiger partial charge is 1.00 e. The summed E-state index contributed by atoms with van der Waals surface area (Å²) in [4.78, 5) is 18.2. The standard InChI is InChI=1S/C27H31BrF2NO6PS2.3Na.3H/c1-17(2)13-14-37-25-12-7-19(15-24(25)31-40(4,35)36)18-5-8-20(9-6-18)26(3,39)21-10-11-22(23(28)16-21)27(29,30)38(32,33)34;;;;;;/h5-12,15-17,31,39H,13-14H2,1-4H3,(H2,32,33,34);;;;;;/q;3*+1;3*-1. The summed E-state index contributed by atoms with van der Waals surface area (Å²) in [5.74, 6) is 0.856. The van der Waals surface area contributed by atoms with Gasteiger partial charge in [0.2, 0.25) is 10.0 Å². The van der Waals surface area contributed by atoms with E-state index in [9.17, 15) is 21.8 Å². The maximum atomic E-state index is 14.3. The average molecular weight is 751 g/mol. The third kappa shape index (κ3) is 11.6. The fraction of sp³-hybridized carbons (Fsp3) is 0.333. The third-order valence-electron chi connectivity index (χ3n) is 6.23. The van der Waals surface area contributed by atoms with Crippen LogP contribution >= 0.6 is 36.2 Å². The van der Waals surface area contributed by atoms with E-state index >= 15 is 0 Å². The molecule has 7 nitrogen and oxygen atoms in total. The number of halogens is 3. The van der Waals surface area contributed by atoms with E-state index in [2.05, 4.69) is 34.5 Å². The maximum Gasteiger partial charge on any atom is 1.00 e. The Labute approximate surface area is 336 Å². The zero-order valence-electron chi connectivity index (χ0n) is 28.2.